The van der Waals surface area contributed by atoms with Crippen molar-refractivity contribution in [1.82, 2.24) is 14.3 Å². The number of alkyl halides is 3. The van der Waals surface area contributed by atoms with Crippen LogP contribution in [0.15, 0.2) is 41.4 Å². The van der Waals surface area contributed by atoms with Crippen molar-refractivity contribution >= 4 is 20.9 Å². The zero-order valence-corrected chi connectivity index (χ0v) is 18.3. The minimum atomic E-state index is -4.70. The number of aryl methyl sites for hydroxylation is 1. The molecule has 1 aliphatic rings. The highest BCUT2D eigenvalue weighted by Crippen LogP contribution is 2.38. The normalized spacial score (nSPS) is 15.6. The van der Waals surface area contributed by atoms with Gasteiger partial charge in [0.1, 0.15) is 17.0 Å². The van der Waals surface area contributed by atoms with Crippen LogP contribution in [0, 0.1) is 24.2 Å². The number of nitriles is 1. The van der Waals surface area contributed by atoms with E-state index in [0.717, 1.165) is 42.4 Å². The first-order valence-corrected chi connectivity index (χ1v) is 11.6. The second-order valence-electron chi connectivity index (χ2n) is 8.17. The van der Waals surface area contributed by atoms with Gasteiger partial charge in [0.25, 0.3) is 0 Å². The van der Waals surface area contributed by atoms with Crippen LogP contribution in [0.1, 0.15) is 30.9 Å². The SMILES string of the molecule is Cc1ccc2c(C#N)c(-c3ccc(S(=O)(=O)N[C@H](C)C(F)(F)F)cn3)n(CC3CC3)c2c1. The topological polar surface area (TPSA) is 87.8 Å². The number of pyridine rings is 1. The summed E-state index contributed by atoms with van der Waals surface area (Å²) >= 11 is 0. The molecule has 1 aromatic carbocycles. The predicted molar refractivity (Wildman–Crippen MR) is 113 cm³/mol. The van der Waals surface area contributed by atoms with Gasteiger partial charge in [0.05, 0.1) is 22.5 Å². The average molecular weight is 462 g/mol. The molecule has 0 bridgehead atoms. The maximum Gasteiger partial charge on any atom is 0.404 e. The van der Waals surface area contributed by atoms with E-state index in [2.05, 4.69) is 11.1 Å². The Kier molecular flexibility index (Phi) is 5.51. The number of nitrogens with one attached hydrogen (secondary N) is 1. The third-order valence-corrected chi connectivity index (χ3v) is 7.11. The summed E-state index contributed by atoms with van der Waals surface area (Å²) in [5.41, 5.74) is 3.36. The quantitative estimate of drug-likeness (QED) is 0.583. The first kappa shape index (κ1) is 22.3. The third-order valence-electron chi connectivity index (χ3n) is 5.58. The summed E-state index contributed by atoms with van der Waals surface area (Å²) < 4.78 is 66.7. The van der Waals surface area contributed by atoms with E-state index >= 15 is 0 Å². The van der Waals surface area contributed by atoms with Crippen molar-refractivity contribution in [2.75, 3.05) is 0 Å². The first-order valence-electron chi connectivity index (χ1n) is 10.1. The Balaban J connectivity index is 1.78. The van der Waals surface area contributed by atoms with Crippen LogP contribution in [0.2, 0.25) is 0 Å². The van der Waals surface area contributed by atoms with Crippen molar-refractivity contribution in [3.05, 3.63) is 47.7 Å². The van der Waals surface area contributed by atoms with Crippen molar-refractivity contribution in [1.29, 1.82) is 5.26 Å². The van der Waals surface area contributed by atoms with E-state index in [1.54, 1.807) is 4.72 Å². The van der Waals surface area contributed by atoms with Gasteiger partial charge < -0.3 is 4.57 Å². The van der Waals surface area contributed by atoms with Gasteiger partial charge in [-0.1, -0.05) is 12.1 Å². The third kappa shape index (κ3) is 4.23. The number of rotatable bonds is 6. The summed E-state index contributed by atoms with van der Waals surface area (Å²) in [5.74, 6) is 0.504. The van der Waals surface area contributed by atoms with Crippen LogP contribution >= 0.6 is 0 Å². The van der Waals surface area contributed by atoms with Crippen molar-refractivity contribution in [2.45, 2.75) is 50.3 Å². The summed E-state index contributed by atoms with van der Waals surface area (Å²) in [6, 6.07) is 8.45. The zero-order chi connectivity index (χ0) is 23.3. The molecule has 6 nitrogen and oxygen atoms in total. The maximum atomic E-state index is 12.8. The molecular formula is C22H21F3N4O2S. The number of hydrogen-bond donors (Lipinski definition) is 1. The van der Waals surface area contributed by atoms with Gasteiger partial charge in [0, 0.05) is 18.1 Å². The smallest absolute Gasteiger partial charge is 0.338 e. The van der Waals surface area contributed by atoms with E-state index in [4.69, 9.17) is 0 Å². The Morgan fingerprint density at radius 3 is 2.56 bits per heavy atom. The Labute approximate surface area is 183 Å². The minimum Gasteiger partial charge on any atom is -0.338 e. The highest BCUT2D eigenvalue weighted by molar-refractivity contribution is 7.89. The maximum absolute atomic E-state index is 12.8. The van der Waals surface area contributed by atoms with Gasteiger partial charge in [-0.15, -0.1) is 0 Å². The Bertz CT molecular complexity index is 1320. The molecule has 1 atom stereocenters. The van der Waals surface area contributed by atoms with Gasteiger partial charge >= 0.3 is 6.18 Å². The monoisotopic (exact) mass is 462 g/mol. The number of hydrogen-bond acceptors (Lipinski definition) is 4. The summed E-state index contributed by atoms with van der Waals surface area (Å²) in [6.45, 7) is 3.41. The molecule has 168 valence electrons. The van der Waals surface area contributed by atoms with Crippen molar-refractivity contribution in [3.8, 4) is 17.5 Å². The van der Waals surface area contributed by atoms with Crippen LogP contribution < -0.4 is 4.72 Å². The van der Waals surface area contributed by atoms with Crippen LogP contribution in [0.5, 0.6) is 0 Å². The van der Waals surface area contributed by atoms with Gasteiger partial charge in [-0.25, -0.2) is 8.42 Å². The fourth-order valence-corrected chi connectivity index (χ4v) is 4.81. The van der Waals surface area contributed by atoms with Crippen LogP contribution in [0.25, 0.3) is 22.3 Å². The van der Waals surface area contributed by atoms with Gasteiger partial charge in [-0.05, 0) is 56.4 Å². The standard InChI is InChI=1S/C22H21F3N4O2S/c1-13-3-7-17-18(10-26)21(29(20(17)9-13)12-15-4-5-15)19-8-6-16(11-27-19)32(30,31)28-14(2)22(23,24)25/h3,6-9,11,14-15,28H,4-5,12H2,1-2H3/t14-/m1/s1. The molecule has 4 rings (SSSR count). The van der Waals surface area contributed by atoms with Gasteiger partial charge in [-0.3, -0.25) is 4.98 Å². The highest BCUT2D eigenvalue weighted by Gasteiger charge is 2.39. The van der Waals surface area contributed by atoms with Gasteiger partial charge in [-0.2, -0.15) is 23.2 Å². The number of halogens is 3. The average Bonchev–Trinajstić information content (AvgIpc) is 3.49. The van der Waals surface area contributed by atoms with Crippen molar-refractivity contribution in [2.24, 2.45) is 5.92 Å². The van der Waals surface area contributed by atoms with Crippen LogP contribution in [0.4, 0.5) is 13.2 Å². The largest absolute Gasteiger partial charge is 0.404 e. The lowest BCUT2D eigenvalue weighted by atomic mass is 10.1. The lowest BCUT2D eigenvalue weighted by molar-refractivity contribution is -0.147. The van der Waals surface area contributed by atoms with Crippen molar-refractivity contribution in [3.63, 3.8) is 0 Å². The highest BCUT2D eigenvalue weighted by atomic mass is 32.2. The molecule has 1 N–H and O–H groups in total. The predicted octanol–water partition coefficient (Wildman–Crippen LogP) is 4.52. The number of fused-ring (bicyclic) bond motifs is 1. The molecule has 0 radical (unpaired) electrons. The number of aromatic nitrogens is 2. The van der Waals surface area contributed by atoms with E-state index < -0.39 is 22.2 Å². The fourth-order valence-electron chi connectivity index (χ4n) is 3.63. The zero-order valence-electron chi connectivity index (χ0n) is 17.4. The molecule has 1 aliphatic carbocycles. The van der Waals surface area contributed by atoms with E-state index in [-0.39, 0.29) is 4.90 Å². The molecular weight excluding hydrogens is 441 g/mol. The molecule has 0 saturated heterocycles. The Morgan fingerprint density at radius 1 is 1.28 bits per heavy atom. The summed E-state index contributed by atoms with van der Waals surface area (Å²) in [4.78, 5) is 3.85. The van der Waals surface area contributed by atoms with Gasteiger partial charge in [0.2, 0.25) is 10.0 Å². The molecule has 3 aromatic rings. The molecule has 0 amide bonds. The summed E-state index contributed by atoms with van der Waals surface area (Å²) in [6.07, 6.45) is -1.49. The van der Waals surface area contributed by atoms with Crippen LogP contribution in [0.3, 0.4) is 0 Å². The number of sulfonamides is 1. The molecule has 32 heavy (non-hydrogen) atoms. The Hall–Kier alpha value is -2.90. The molecule has 10 heteroatoms. The fraction of sp³-hybridized carbons (Fsp3) is 0.364. The molecule has 2 aromatic heterocycles. The van der Waals surface area contributed by atoms with Crippen molar-refractivity contribution < 1.29 is 21.6 Å². The minimum absolute atomic E-state index is 0.378. The van der Waals surface area contributed by atoms with E-state index in [1.165, 1.54) is 12.1 Å². The number of nitrogens with zero attached hydrogens (tertiary/aromatic N) is 3. The summed E-state index contributed by atoms with van der Waals surface area (Å²) in [7, 11) is -4.41. The molecule has 0 spiro atoms. The van der Waals surface area contributed by atoms with Gasteiger partial charge in [0.15, 0.2) is 0 Å². The van der Waals surface area contributed by atoms with E-state index in [9.17, 15) is 26.9 Å². The van der Waals surface area contributed by atoms with E-state index in [1.807, 2.05) is 29.7 Å². The summed E-state index contributed by atoms with van der Waals surface area (Å²) in [5, 5.41) is 10.7. The Morgan fingerprint density at radius 2 is 2.00 bits per heavy atom. The lowest BCUT2D eigenvalue weighted by Gasteiger charge is -2.17. The molecule has 0 unspecified atom stereocenters. The molecule has 2 heterocycles. The second-order valence-corrected chi connectivity index (χ2v) is 9.89. The number of benzene rings is 1. The van der Waals surface area contributed by atoms with Crippen LogP contribution in [-0.2, 0) is 16.6 Å². The lowest BCUT2D eigenvalue weighted by Crippen LogP contribution is -2.42. The van der Waals surface area contributed by atoms with Crippen LogP contribution in [-0.4, -0.2) is 30.2 Å². The second kappa shape index (κ2) is 7.90. The molecule has 1 fully saturated rings. The first-order chi connectivity index (χ1) is 15.0. The van der Waals surface area contributed by atoms with E-state index in [0.29, 0.717) is 29.4 Å². The molecule has 0 aliphatic heterocycles. The molecule has 1 saturated carbocycles.